The lowest BCUT2D eigenvalue weighted by atomic mass is 9.97. The Morgan fingerprint density at radius 2 is 1.38 bits per heavy atom. The second-order valence-corrected chi connectivity index (χ2v) is 9.42. The SMILES string of the molecule is [N-]=[N+]=NCCCO[C@@H]1O[C@@H]2COC(c3ccccc3)O[C@@H]2[C@H](OCc2ccccc2)[C@H]1OCc1ccccc1. The van der Waals surface area contributed by atoms with E-state index in [-0.39, 0.29) is 0 Å². The summed E-state index contributed by atoms with van der Waals surface area (Å²) in [5, 5.41) is 3.59. The number of azide groups is 1. The molecule has 0 amide bonds. The predicted octanol–water partition coefficient (Wildman–Crippen LogP) is 5.71. The maximum atomic E-state index is 8.58. The molecule has 2 aliphatic heterocycles. The number of ether oxygens (including phenoxy) is 6. The van der Waals surface area contributed by atoms with E-state index >= 15 is 0 Å². The summed E-state index contributed by atoms with van der Waals surface area (Å²) in [6, 6.07) is 29.8. The van der Waals surface area contributed by atoms with Gasteiger partial charge in [-0.05, 0) is 23.1 Å². The number of fused-ring (bicyclic) bond motifs is 1. The molecule has 0 saturated carbocycles. The fourth-order valence-electron chi connectivity index (χ4n) is 4.74. The first-order chi connectivity index (χ1) is 19.3. The molecule has 2 fully saturated rings. The van der Waals surface area contributed by atoms with E-state index in [1.165, 1.54) is 0 Å². The third-order valence-corrected chi connectivity index (χ3v) is 6.67. The first-order valence-corrected chi connectivity index (χ1v) is 13.2. The monoisotopic (exact) mass is 531 g/mol. The van der Waals surface area contributed by atoms with Crippen molar-refractivity contribution < 1.29 is 28.4 Å². The average molecular weight is 532 g/mol. The van der Waals surface area contributed by atoms with E-state index in [1.807, 2.05) is 91.0 Å². The first-order valence-electron chi connectivity index (χ1n) is 13.2. The third kappa shape index (κ3) is 7.44. The van der Waals surface area contributed by atoms with Crippen molar-refractivity contribution in [1.82, 2.24) is 0 Å². The van der Waals surface area contributed by atoms with E-state index in [1.54, 1.807) is 0 Å². The van der Waals surface area contributed by atoms with Crippen LogP contribution in [0.5, 0.6) is 0 Å². The first kappa shape index (κ1) is 27.3. The molecular weight excluding hydrogens is 498 g/mol. The molecule has 2 aliphatic rings. The molecule has 204 valence electrons. The van der Waals surface area contributed by atoms with E-state index in [9.17, 15) is 0 Å². The lowest BCUT2D eigenvalue weighted by molar-refractivity contribution is -0.372. The largest absolute Gasteiger partial charge is 0.368 e. The third-order valence-electron chi connectivity index (χ3n) is 6.67. The average Bonchev–Trinajstić information content (AvgIpc) is 3.00. The lowest BCUT2D eigenvalue weighted by Gasteiger charge is -2.49. The van der Waals surface area contributed by atoms with E-state index < -0.39 is 37.0 Å². The quantitative estimate of drug-likeness (QED) is 0.128. The second kappa shape index (κ2) is 14.2. The minimum Gasteiger partial charge on any atom is -0.368 e. The Morgan fingerprint density at radius 3 is 2.03 bits per heavy atom. The van der Waals surface area contributed by atoms with E-state index in [0.29, 0.717) is 39.4 Å². The van der Waals surface area contributed by atoms with Crippen LogP contribution in [0.25, 0.3) is 10.4 Å². The Morgan fingerprint density at radius 1 is 0.769 bits per heavy atom. The zero-order valence-corrected chi connectivity index (χ0v) is 21.7. The summed E-state index contributed by atoms with van der Waals surface area (Å²) in [6.07, 6.45) is -2.64. The molecule has 0 spiro atoms. The fraction of sp³-hybridized carbons (Fsp3) is 0.400. The molecule has 3 aromatic carbocycles. The van der Waals surface area contributed by atoms with Gasteiger partial charge in [0.15, 0.2) is 12.6 Å². The highest BCUT2D eigenvalue weighted by atomic mass is 16.8. The van der Waals surface area contributed by atoms with Crippen LogP contribution in [0.15, 0.2) is 96.1 Å². The molecule has 0 N–H and O–H groups in total. The van der Waals surface area contributed by atoms with Crippen molar-refractivity contribution in [3.05, 3.63) is 118 Å². The molecule has 0 radical (unpaired) electrons. The maximum absolute atomic E-state index is 8.58. The molecule has 9 heteroatoms. The van der Waals surface area contributed by atoms with Crippen molar-refractivity contribution in [2.45, 2.75) is 56.6 Å². The van der Waals surface area contributed by atoms with Gasteiger partial charge in [-0.25, -0.2) is 0 Å². The van der Waals surface area contributed by atoms with Crippen LogP contribution in [0.3, 0.4) is 0 Å². The Balaban J connectivity index is 1.38. The number of benzene rings is 3. The zero-order valence-electron chi connectivity index (χ0n) is 21.7. The van der Waals surface area contributed by atoms with Gasteiger partial charge in [0.1, 0.15) is 24.4 Å². The maximum Gasteiger partial charge on any atom is 0.186 e. The molecule has 39 heavy (non-hydrogen) atoms. The molecular formula is C30H33N3O6. The van der Waals surface area contributed by atoms with Gasteiger partial charge >= 0.3 is 0 Å². The van der Waals surface area contributed by atoms with Crippen LogP contribution in [-0.4, -0.2) is 50.5 Å². The molecule has 1 unspecified atom stereocenters. The molecule has 0 aliphatic carbocycles. The summed E-state index contributed by atoms with van der Waals surface area (Å²) in [6.45, 7) is 1.73. The number of rotatable bonds is 12. The van der Waals surface area contributed by atoms with E-state index in [4.69, 9.17) is 34.0 Å². The Kier molecular flexibility index (Phi) is 9.95. The lowest BCUT2D eigenvalue weighted by Crippen LogP contribution is -2.63. The minimum absolute atomic E-state index is 0.319. The summed E-state index contributed by atoms with van der Waals surface area (Å²) in [7, 11) is 0. The number of hydrogen-bond acceptors (Lipinski definition) is 7. The van der Waals surface area contributed by atoms with Crippen molar-refractivity contribution in [1.29, 1.82) is 0 Å². The topological polar surface area (TPSA) is 104 Å². The highest BCUT2D eigenvalue weighted by Gasteiger charge is 2.51. The predicted molar refractivity (Wildman–Crippen MR) is 143 cm³/mol. The molecule has 2 saturated heterocycles. The summed E-state index contributed by atoms with van der Waals surface area (Å²) in [5.41, 5.74) is 11.6. The van der Waals surface area contributed by atoms with Crippen molar-refractivity contribution in [3.63, 3.8) is 0 Å². The zero-order chi connectivity index (χ0) is 26.7. The molecule has 9 nitrogen and oxygen atoms in total. The van der Waals surface area contributed by atoms with Gasteiger partial charge in [-0.1, -0.05) is 96.1 Å². The van der Waals surface area contributed by atoms with Crippen LogP contribution in [0.1, 0.15) is 29.4 Å². The number of nitrogens with zero attached hydrogens (tertiary/aromatic N) is 3. The van der Waals surface area contributed by atoms with Crippen LogP contribution >= 0.6 is 0 Å². The molecule has 6 atom stereocenters. The van der Waals surface area contributed by atoms with Crippen LogP contribution < -0.4 is 0 Å². The standard InChI is InChI=1S/C30H33N3O6/c31-33-32-17-10-18-34-30-28(36-20-23-13-6-2-7-14-23)27(35-19-22-11-4-1-5-12-22)26-25(38-30)21-37-29(39-26)24-15-8-3-9-16-24/h1-9,11-16,25-30H,10,17-21H2/t25-,26+,27+,28-,29?,30-/m1/s1. The highest BCUT2D eigenvalue weighted by molar-refractivity contribution is 5.17. The Hall–Kier alpha value is -3.27. The number of hydrogen-bond donors (Lipinski definition) is 0. The summed E-state index contributed by atoms with van der Waals surface area (Å²) in [5.74, 6) is 0. The summed E-state index contributed by atoms with van der Waals surface area (Å²) in [4.78, 5) is 2.81. The van der Waals surface area contributed by atoms with Gasteiger partial charge in [0.2, 0.25) is 0 Å². The van der Waals surface area contributed by atoms with E-state index in [2.05, 4.69) is 10.0 Å². The van der Waals surface area contributed by atoms with Gasteiger partial charge in [-0.15, -0.1) is 0 Å². The Bertz CT molecular complexity index is 1180. The van der Waals surface area contributed by atoms with Gasteiger partial charge < -0.3 is 28.4 Å². The smallest absolute Gasteiger partial charge is 0.186 e. The second-order valence-electron chi connectivity index (χ2n) is 9.42. The van der Waals surface area contributed by atoms with Crippen LogP contribution in [0.4, 0.5) is 0 Å². The molecule has 0 bridgehead atoms. The normalized spacial score (nSPS) is 26.4. The van der Waals surface area contributed by atoms with Gasteiger partial charge in [0.05, 0.1) is 19.8 Å². The van der Waals surface area contributed by atoms with Gasteiger partial charge in [0, 0.05) is 23.6 Å². The fourth-order valence-corrected chi connectivity index (χ4v) is 4.74. The van der Waals surface area contributed by atoms with Crippen molar-refractivity contribution in [2.24, 2.45) is 5.11 Å². The van der Waals surface area contributed by atoms with Crippen molar-refractivity contribution in [2.75, 3.05) is 19.8 Å². The van der Waals surface area contributed by atoms with Crippen molar-refractivity contribution >= 4 is 0 Å². The van der Waals surface area contributed by atoms with Gasteiger partial charge in [-0.3, -0.25) is 0 Å². The van der Waals surface area contributed by atoms with E-state index in [0.717, 1.165) is 16.7 Å². The molecule has 5 rings (SSSR count). The van der Waals surface area contributed by atoms with Crippen LogP contribution in [-0.2, 0) is 41.6 Å². The molecule has 2 heterocycles. The van der Waals surface area contributed by atoms with Gasteiger partial charge in [0.25, 0.3) is 0 Å². The van der Waals surface area contributed by atoms with Gasteiger partial charge in [-0.2, -0.15) is 0 Å². The minimum atomic E-state index is -0.720. The molecule has 3 aromatic rings. The van der Waals surface area contributed by atoms with Crippen LogP contribution in [0, 0.1) is 0 Å². The summed E-state index contributed by atoms with van der Waals surface area (Å²) < 4.78 is 38.1. The van der Waals surface area contributed by atoms with Crippen molar-refractivity contribution in [3.8, 4) is 0 Å². The summed E-state index contributed by atoms with van der Waals surface area (Å²) >= 11 is 0. The Labute approximate surface area is 228 Å². The highest BCUT2D eigenvalue weighted by Crippen LogP contribution is 2.37. The van der Waals surface area contributed by atoms with Crippen LogP contribution in [0.2, 0.25) is 0 Å². The molecule has 0 aromatic heterocycles.